The minimum Gasteiger partial charge on any atom is -0.507 e. The summed E-state index contributed by atoms with van der Waals surface area (Å²) in [5, 5.41) is 11.9. The molecule has 0 aliphatic rings. The van der Waals surface area contributed by atoms with E-state index in [9.17, 15) is 9.90 Å². The van der Waals surface area contributed by atoms with E-state index in [0.29, 0.717) is 10.9 Å². The monoisotopic (exact) mass is 288 g/mol. The van der Waals surface area contributed by atoms with Crippen molar-refractivity contribution in [3.8, 4) is 5.75 Å². The third kappa shape index (κ3) is 2.77. The molecular formula is C20H16O2. The molecule has 0 radical (unpaired) electrons. The third-order valence-electron chi connectivity index (χ3n) is 3.67. The average molecular weight is 288 g/mol. The Kier molecular flexibility index (Phi) is 3.75. The Hall–Kier alpha value is -2.87. The first kappa shape index (κ1) is 14.1. The zero-order valence-electron chi connectivity index (χ0n) is 12.3. The molecule has 0 heterocycles. The molecule has 0 atom stereocenters. The van der Waals surface area contributed by atoms with E-state index < -0.39 is 0 Å². The van der Waals surface area contributed by atoms with Crippen LogP contribution in [0.2, 0.25) is 0 Å². The molecule has 22 heavy (non-hydrogen) atoms. The number of aryl methyl sites for hydroxylation is 1. The number of phenolic OH excluding ortho intramolecular Hbond substituents is 1. The first-order valence-electron chi connectivity index (χ1n) is 7.15. The van der Waals surface area contributed by atoms with Crippen LogP contribution in [0.3, 0.4) is 0 Å². The fraction of sp³-hybridized carbons (Fsp3) is 0.0500. The summed E-state index contributed by atoms with van der Waals surface area (Å²) in [7, 11) is 0. The topological polar surface area (TPSA) is 37.3 Å². The highest BCUT2D eigenvalue weighted by molar-refractivity contribution is 6.11. The van der Waals surface area contributed by atoms with E-state index in [1.54, 1.807) is 12.1 Å². The zero-order chi connectivity index (χ0) is 15.5. The number of aromatic hydroxyl groups is 1. The van der Waals surface area contributed by atoms with Crippen LogP contribution in [0.15, 0.2) is 66.7 Å². The Morgan fingerprint density at radius 3 is 2.45 bits per heavy atom. The predicted octanol–water partition coefficient (Wildman–Crippen LogP) is 4.75. The molecule has 0 unspecified atom stereocenters. The van der Waals surface area contributed by atoms with Gasteiger partial charge in [0.25, 0.3) is 0 Å². The highest BCUT2D eigenvalue weighted by atomic mass is 16.3. The molecule has 2 nitrogen and oxygen atoms in total. The smallest absolute Gasteiger partial charge is 0.189 e. The summed E-state index contributed by atoms with van der Waals surface area (Å²) < 4.78 is 0. The Morgan fingerprint density at radius 1 is 0.955 bits per heavy atom. The number of allylic oxidation sites excluding steroid dienone is 1. The first-order valence-corrected chi connectivity index (χ1v) is 7.15. The summed E-state index contributed by atoms with van der Waals surface area (Å²) >= 11 is 0. The van der Waals surface area contributed by atoms with Gasteiger partial charge in [-0.3, -0.25) is 4.79 Å². The molecule has 3 aromatic rings. The van der Waals surface area contributed by atoms with Gasteiger partial charge >= 0.3 is 0 Å². The van der Waals surface area contributed by atoms with Gasteiger partial charge in [-0.15, -0.1) is 0 Å². The predicted molar refractivity (Wildman–Crippen MR) is 90.2 cm³/mol. The van der Waals surface area contributed by atoms with Gasteiger partial charge in [-0.1, -0.05) is 66.2 Å². The Bertz CT molecular complexity index is 859. The Balaban J connectivity index is 1.92. The number of carbonyl (C=O) groups excluding carboxylic acids is 1. The molecule has 0 aromatic heterocycles. The number of fused-ring (bicyclic) bond motifs is 1. The van der Waals surface area contributed by atoms with Gasteiger partial charge in [0.15, 0.2) is 5.78 Å². The van der Waals surface area contributed by atoms with E-state index in [1.807, 2.05) is 61.5 Å². The second-order valence-electron chi connectivity index (χ2n) is 5.29. The largest absolute Gasteiger partial charge is 0.507 e. The maximum absolute atomic E-state index is 12.3. The molecule has 0 saturated heterocycles. The fourth-order valence-electron chi connectivity index (χ4n) is 2.39. The van der Waals surface area contributed by atoms with Gasteiger partial charge in [-0.25, -0.2) is 0 Å². The summed E-state index contributed by atoms with van der Waals surface area (Å²) in [6.45, 7) is 2.02. The van der Waals surface area contributed by atoms with Crippen molar-refractivity contribution in [1.29, 1.82) is 0 Å². The number of benzene rings is 3. The lowest BCUT2D eigenvalue weighted by molar-refractivity contribution is 0.104. The highest BCUT2D eigenvalue weighted by Gasteiger charge is 2.11. The average Bonchev–Trinajstić information content (AvgIpc) is 2.55. The van der Waals surface area contributed by atoms with E-state index >= 15 is 0 Å². The molecule has 0 amide bonds. The fourth-order valence-corrected chi connectivity index (χ4v) is 2.39. The van der Waals surface area contributed by atoms with Gasteiger partial charge in [0.1, 0.15) is 5.75 Å². The number of phenols is 1. The molecule has 0 bridgehead atoms. The van der Waals surface area contributed by atoms with Crippen LogP contribution in [0.1, 0.15) is 21.5 Å². The van der Waals surface area contributed by atoms with Crippen molar-refractivity contribution in [2.45, 2.75) is 6.92 Å². The molecule has 3 aromatic carbocycles. The second-order valence-corrected chi connectivity index (χ2v) is 5.29. The van der Waals surface area contributed by atoms with E-state index in [-0.39, 0.29) is 11.5 Å². The van der Waals surface area contributed by atoms with Crippen molar-refractivity contribution >= 4 is 22.6 Å². The molecule has 0 spiro atoms. The highest BCUT2D eigenvalue weighted by Crippen LogP contribution is 2.29. The van der Waals surface area contributed by atoms with E-state index in [1.165, 1.54) is 11.6 Å². The molecule has 1 N–H and O–H groups in total. The van der Waals surface area contributed by atoms with E-state index in [4.69, 9.17) is 0 Å². The Morgan fingerprint density at radius 2 is 1.68 bits per heavy atom. The molecule has 2 heteroatoms. The molecular weight excluding hydrogens is 272 g/mol. The van der Waals surface area contributed by atoms with Crippen LogP contribution in [0.5, 0.6) is 5.75 Å². The van der Waals surface area contributed by atoms with Crippen molar-refractivity contribution in [2.75, 3.05) is 0 Å². The van der Waals surface area contributed by atoms with Crippen molar-refractivity contribution in [2.24, 2.45) is 0 Å². The van der Waals surface area contributed by atoms with Gasteiger partial charge in [0.2, 0.25) is 0 Å². The van der Waals surface area contributed by atoms with Crippen LogP contribution in [0, 0.1) is 6.92 Å². The first-order chi connectivity index (χ1) is 10.6. The molecule has 0 saturated carbocycles. The molecule has 0 aliphatic heterocycles. The van der Waals surface area contributed by atoms with Crippen LogP contribution >= 0.6 is 0 Å². The lowest BCUT2D eigenvalue weighted by atomic mass is 10.0. The minimum absolute atomic E-state index is 0.0386. The minimum atomic E-state index is -0.205. The number of ketones is 1. The van der Waals surface area contributed by atoms with Crippen LogP contribution in [-0.2, 0) is 0 Å². The van der Waals surface area contributed by atoms with Crippen molar-refractivity contribution in [1.82, 2.24) is 0 Å². The number of rotatable bonds is 3. The number of hydrogen-bond donors (Lipinski definition) is 1. The molecule has 0 aliphatic carbocycles. The molecule has 3 rings (SSSR count). The van der Waals surface area contributed by atoms with Gasteiger partial charge in [0.05, 0.1) is 5.56 Å². The lowest BCUT2D eigenvalue weighted by Gasteiger charge is -2.05. The molecule has 0 fully saturated rings. The van der Waals surface area contributed by atoms with Crippen LogP contribution in [0.4, 0.5) is 0 Å². The van der Waals surface area contributed by atoms with E-state index in [0.717, 1.165) is 10.9 Å². The summed E-state index contributed by atoms with van der Waals surface area (Å²) in [4.78, 5) is 12.3. The number of carbonyl (C=O) groups is 1. The lowest BCUT2D eigenvalue weighted by Crippen LogP contribution is -1.95. The summed E-state index contributed by atoms with van der Waals surface area (Å²) in [5.74, 6) is -0.166. The van der Waals surface area contributed by atoms with E-state index in [2.05, 4.69) is 0 Å². The van der Waals surface area contributed by atoms with Gasteiger partial charge < -0.3 is 5.11 Å². The maximum Gasteiger partial charge on any atom is 0.189 e. The molecule has 108 valence electrons. The number of hydrogen-bond acceptors (Lipinski definition) is 2. The summed E-state index contributed by atoms with van der Waals surface area (Å²) in [6, 6.07) is 18.9. The van der Waals surface area contributed by atoms with Crippen LogP contribution in [-0.4, -0.2) is 10.9 Å². The van der Waals surface area contributed by atoms with Crippen molar-refractivity contribution in [3.05, 3.63) is 83.4 Å². The third-order valence-corrected chi connectivity index (χ3v) is 3.67. The van der Waals surface area contributed by atoms with Crippen molar-refractivity contribution < 1.29 is 9.90 Å². The maximum atomic E-state index is 12.3. The summed E-state index contributed by atoms with van der Waals surface area (Å²) in [5.41, 5.74) is 2.46. The quantitative estimate of drug-likeness (QED) is 0.558. The second kappa shape index (κ2) is 5.86. The standard InChI is InChI=1S/C20H16O2/c1-14-6-8-15(9-7-14)10-13-19(21)18-12-11-16-4-2-3-5-17(16)20(18)22/h2-13,22H,1H3/b13-10+. The van der Waals surface area contributed by atoms with Crippen LogP contribution < -0.4 is 0 Å². The Labute approximate surface area is 129 Å². The van der Waals surface area contributed by atoms with Gasteiger partial charge in [0, 0.05) is 5.39 Å². The SMILES string of the molecule is Cc1ccc(/C=C/C(=O)c2ccc3ccccc3c2O)cc1. The van der Waals surface area contributed by atoms with Gasteiger partial charge in [-0.2, -0.15) is 0 Å². The van der Waals surface area contributed by atoms with Crippen molar-refractivity contribution in [3.63, 3.8) is 0 Å². The zero-order valence-corrected chi connectivity index (χ0v) is 12.3. The van der Waals surface area contributed by atoms with Crippen LogP contribution in [0.25, 0.3) is 16.8 Å². The summed E-state index contributed by atoms with van der Waals surface area (Å²) in [6.07, 6.45) is 3.25. The van der Waals surface area contributed by atoms with Gasteiger partial charge in [-0.05, 0) is 30.0 Å². The normalized spacial score (nSPS) is 11.1.